The van der Waals surface area contributed by atoms with Crippen molar-refractivity contribution in [2.45, 2.75) is 13.1 Å². The second kappa shape index (κ2) is 5.79. The minimum atomic E-state index is -4.55. The summed E-state index contributed by atoms with van der Waals surface area (Å²) in [4.78, 5) is 19.8. The van der Waals surface area contributed by atoms with Crippen LogP contribution < -0.4 is 5.32 Å². The normalized spacial score (nSPS) is 11.7. The highest BCUT2D eigenvalue weighted by Crippen LogP contribution is 2.32. The number of imidazole rings is 1. The monoisotopic (exact) mass is 354 g/mol. The number of aromatic nitrogens is 3. The molecule has 3 aromatic heterocycles. The van der Waals surface area contributed by atoms with Crippen molar-refractivity contribution in [3.8, 4) is 0 Å². The van der Waals surface area contributed by atoms with Gasteiger partial charge in [-0.3, -0.25) is 9.20 Å². The molecule has 0 aliphatic heterocycles. The van der Waals surface area contributed by atoms with Crippen molar-refractivity contribution in [3.63, 3.8) is 0 Å². The summed E-state index contributed by atoms with van der Waals surface area (Å²) in [6.45, 7) is 1.29. The number of anilines is 1. The minimum absolute atomic E-state index is 0.132. The van der Waals surface area contributed by atoms with Crippen LogP contribution in [0.2, 0.25) is 5.15 Å². The first-order valence-electron chi connectivity index (χ1n) is 6.74. The SMILES string of the molecule is Cc1nc2ccc(NC(=O)c3ccc(Cl)nc3)cn2c1C(F)(F)F. The summed E-state index contributed by atoms with van der Waals surface area (Å²) >= 11 is 5.64. The smallest absolute Gasteiger partial charge is 0.321 e. The van der Waals surface area contributed by atoms with E-state index in [1.807, 2.05) is 0 Å². The number of pyridine rings is 2. The van der Waals surface area contributed by atoms with Crippen LogP contribution in [0.25, 0.3) is 5.65 Å². The molecule has 0 aromatic carbocycles. The molecule has 0 fully saturated rings. The van der Waals surface area contributed by atoms with Gasteiger partial charge in [-0.1, -0.05) is 11.6 Å². The van der Waals surface area contributed by atoms with Gasteiger partial charge in [0.25, 0.3) is 5.91 Å². The lowest BCUT2D eigenvalue weighted by molar-refractivity contribution is -0.142. The Hall–Kier alpha value is -2.61. The molecule has 0 radical (unpaired) electrons. The van der Waals surface area contributed by atoms with Crippen LogP contribution in [0.1, 0.15) is 21.7 Å². The number of fused-ring (bicyclic) bond motifs is 1. The maximum absolute atomic E-state index is 13.1. The van der Waals surface area contributed by atoms with Crippen molar-refractivity contribution >= 4 is 28.8 Å². The number of carbonyl (C=O) groups is 1. The van der Waals surface area contributed by atoms with Crippen LogP contribution >= 0.6 is 11.6 Å². The van der Waals surface area contributed by atoms with E-state index in [4.69, 9.17) is 11.6 Å². The third kappa shape index (κ3) is 3.05. The summed E-state index contributed by atoms with van der Waals surface area (Å²) in [6.07, 6.45) is -2.09. The average Bonchev–Trinajstić information content (AvgIpc) is 2.83. The number of amides is 1. The summed E-state index contributed by atoms with van der Waals surface area (Å²) in [7, 11) is 0. The maximum Gasteiger partial charge on any atom is 0.433 e. The van der Waals surface area contributed by atoms with Crippen LogP contribution in [0, 0.1) is 6.92 Å². The predicted octanol–water partition coefficient (Wildman–Crippen LogP) is 3.96. The largest absolute Gasteiger partial charge is 0.433 e. The van der Waals surface area contributed by atoms with Gasteiger partial charge < -0.3 is 5.32 Å². The van der Waals surface area contributed by atoms with Crippen LogP contribution in [0.15, 0.2) is 36.7 Å². The maximum atomic E-state index is 13.1. The van der Waals surface area contributed by atoms with Gasteiger partial charge in [0.1, 0.15) is 10.8 Å². The van der Waals surface area contributed by atoms with Crippen molar-refractivity contribution in [3.05, 3.63) is 58.8 Å². The molecule has 1 N–H and O–H groups in total. The molecule has 9 heteroatoms. The van der Waals surface area contributed by atoms with E-state index in [1.54, 1.807) is 0 Å². The van der Waals surface area contributed by atoms with Crippen LogP contribution in [0.3, 0.4) is 0 Å². The molecule has 24 heavy (non-hydrogen) atoms. The van der Waals surface area contributed by atoms with Crippen molar-refractivity contribution in [2.75, 3.05) is 5.32 Å². The molecule has 0 saturated heterocycles. The molecule has 0 bridgehead atoms. The molecule has 1 amide bonds. The van der Waals surface area contributed by atoms with Crippen molar-refractivity contribution < 1.29 is 18.0 Å². The van der Waals surface area contributed by atoms with E-state index in [0.29, 0.717) is 0 Å². The highest BCUT2D eigenvalue weighted by molar-refractivity contribution is 6.29. The average molecular weight is 355 g/mol. The number of carbonyl (C=O) groups excluding carboxylic acids is 1. The van der Waals surface area contributed by atoms with Gasteiger partial charge in [0.05, 0.1) is 16.9 Å². The zero-order chi connectivity index (χ0) is 17.5. The molecule has 5 nitrogen and oxygen atoms in total. The lowest BCUT2D eigenvalue weighted by atomic mass is 10.2. The van der Waals surface area contributed by atoms with Crippen molar-refractivity contribution in [2.24, 2.45) is 0 Å². The summed E-state index contributed by atoms with van der Waals surface area (Å²) in [5, 5.41) is 2.75. The van der Waals surface area contributed by atoms with Gasteiger partial charge in [0.15, 0.2) is 5.69 Å². The molecule has 3 heterocycles. The standard InChI is InChI=1S/C15H10ClF3N4O/c1-8-13(15(17,18)19)23-7-10(3-5-12(23)21-8)22-14(24)9-2-4-11(16)20-6-9/h2-7H,1H3,(H,22,24). The number of alkyl halides is 3. The number of hydrogen-bond donors (Lipinski definition) is 1. The van der Waals surface area contributed by atoms with Gasteiger partial charge in [-0.2, -0.15) is 13.2 Å². The van der Waals surface area contributed by atoms with E-state index in [1.165, 1.54) is 43.6 Å². The first-order valence-corrected chi connectivity index (χ1v) is 7.12. The lowest BCUT2D eigenvalue weighted by Crippen LogP contribution is -2.14. The second-order valence-corrected chi connectivity index (χ2v) is 5.40. The number of nitrogens with zero attached hydrogens (tertiary/aromatic N) is 3. The molecule has 0 unspecified atom stereocenters. The number of halogens is 4. The second-order valence-electron chi connectivity index (χ2n) is 5.01. The molecule has 0 saturated carbocycles. The fraction of sp³-hybridized carbons (Fsp3) is 0.133. The molecule has 0 aliphatic carbocycles. The highest BCUT2D eigenvalue weighted by atomic mass is 35.5. The Balaban J connectivity index is 1.96. The van der Waals surface area contributed by atoms with E-state index in [0.717, 1.165) is 4.40 Å². The Morgan fingerprint density at radius 1 is 1.25 bits per heavy atom. The summed E-state index contributed by atoms with van der Waals surface area (Å²) < 4.78 is 40.3. The van der Waals surface area contributed by atoms with E-state index in [-0.39, 0.29) is 27.7 Å². The summed E-state index contributed by atoms with van der Waals surface area (Å²) in [5.74, 6) is -0.510. The number of aryl methyl sites for hydroxylation is 1. The van der Waals surface area contributed by atoms with Gasteiger partial charge in [-0.25, -0.2) is 9.97 Å². The van der Waals surface area contributed by atoms with Crippen LogP contribution in [-0.2, 0) is 6.18 Å². The molecule has 0 aliphatic rings. The molecule has 0 spiro atoms. The van der Waals surface area contributed by atoms with E-state index in [2.05, 4.69) is 15.3 Å². The zero-order valence-electron chi connectivity index (χ0n) is 12.2. The third-order valence-electron chi connectivity index (χ3n) is 3.31. The van der Waals surface area contributed by atoms with Crippen molar-refractivity contribution in [1.82, 2.24) is 14.4 Å². The molecule has 3 rings (SSSR count). The minimum Gasteiger partial charge on any atom is -0.321 e. The third-order valence-corrected chi connectivity index (χ3v) is 3.53. The quantitative estimate of drug-likeness (QED) is 0.709. The van der Waals surface area contributed by atoms with Crippen molar-refractivity contribution in [1.29, 1.82) is 0 Å². The first-order chi connectivity index (χ1) is 11.3. The van der Waals surface area contributed by atoms with Gasteiger partial charge in [-0.05, 0) is 31.2 Å². The number of rotatable bonds is 2. The topological polar surface area (TPSA) is 59.3 Å². The van der Waals surface area contributed by atoms with E-state index >= 15 is 0 Å². The van der Waals surface area contributed by atoms with Crippen LogP contribution in [-0.4, -0.2) is 20.3 Å². The molecular weight excluding hydrogens is 345 g/mol. The summed E-state index contributed by atoms with van der Waals surface area (Å²) in [6, 6.07) is 5.79. The Kier molecular flexibility index (Phi) is 3.92. The Labute approximate surface area is 139 Å². The lowest BCUT2D eigenvalue weighted by Gasteiger charge is -2.09. The Morgan fingerprint density at radius 2 is 2.00 bits per heavy atom. The fourth-order valence-corrected chi connectivity index (χ4v) is 2.40. The number of nitrogens with one attached hydrogen (secondary N) is 1. The zero-order valence-corrected chi connectivity index (χ0v) is 13.0. The molecule has 3 aromatic rings. The summed E-state index contributed by atoms with van der Waals surface area (Å²) in [5.41, 5.74) is -0.427. The van der Waals surface area contributed by atoms with Gasteiger partial charge in [0, 0.05) is 12.4 Å². The number of hydrogen-bond acceptors (Lipinski definition) is 3. The highest BCUT2D eigenvalue weighted by Gasteiger charge is 2.36. The molecular formula is C15H10ClF3N4O. The van der Waals surface area contributed by atoms with E-state index < -0.39 is 17.8 Å². The Bertz CT molecular complexity index is 919. The first kappa shape index (κ1) is 16.3. The van der Waals surface area contributed by atoms with Crippen LogP contribution in [0.5, 0.6) is 0 Å². The predicted molar refractivity (Wildman–Crippen MR) is 82.1 cm³/mol. The molecule has 0 atom stereocenters. The van der Waals surface area contributed by atoms with Gasteiger partial charge in [-0.15, -0.1) is 0 Å². The fourth-order valence-electron chi connectivity index (χ4n) is 2.29. The van der Waals surface area contributed by atoms with Gasteiger partial charge >= 0.3 is 6.18 Å². The molecule has 124 valence electrons. The van der Waals surface area contributed by atoms with Crippen LogP contribution in [0.4, 0.5) is 18.9 Å². The van der Waals surface area contributed by atoms with Gasteiger partial charge in [0.2, 0.25) is 0 Å². The Morgan fingerprint density at radius 3 is 2.62 bits per heavy atom. The van der Waals surface area contributed by atoms with E-state index in [9.17, 15) is 18.0 Å².